The molecule has 94 valence electrons. The van der Waals surface area contributed by atoms with Crippen molar-refractivity contribution in [2.45, 2.75) is 58.7 Å². The monoisotopic (exact) mass is 229 g/mol. The Morgan fingerprint density at radius 2 is 2.19 bits per heavy atom. The molecule has 1 aliphatic rings. The molecule has 0 spiro atoms. The van der Waals surface area contributed by atoms with Crippen molar-refractivity contribution in [2.24, 2.45) is 5.41 Å². The van der Waals surface area contributed by atoms with Crippen molar-refractivity contribution in [1.29, 1.82) is 0 Å². The lowest BCUT2D eigenvalue weighted by Gasteiger charge is -2.52. The van der Waals surface area contributed by atoms with Gasteiger partial charge in [0.1, 0.15) is 6.04 Å². The minimum absolute atomic E-state index is 0.0267. The van der Waals surface area contributed by atoms with E-state index in [1.165, 1.54) is 0 Å². The summed E-state index contributed by atoms with van der Waals surface area (Å²) >= 11 is 0. The van der Waals surface area contributed by atoms with E-state index in [4.69, 9.17) is 9.84 Å². The SMILES string of the molecule is CCOC1CC(NC(CC)C(=O)O)C1(C)C. The Kier molecular flexibility index (Phi) is 4.33. The number of ether oxygens (including phenoxy) is 1. The van der Waals surface area contributed by atoms with Crippen LogP contribution in [0.1, 0.15) is 40.5 Å². The van der Waals surface area contributed by atoms with Gasteiger partial charge in [0.25, 0.3) is 0 Å². The molecule has 0 aromatic carbocycles. The molecule has 0 saturated heterocycles. The van der Waals surface area contributed by atoms with Gasteiger partial charge in [-0.2, -0.15) is 0 Å². The van der Waals surface area contributed by atoms with Crippen LogP contribution in [0.3, 0.4) is 0 Å². The lowest BCUT2D eigenvalue weighted by atomic mass is 9.64. The molecule has 4 nitrogen and oxygen atoms in total. The highest BCUT2D eigenvalue weighted by atomic mass is 16.5. The number of aliphatic carboxylic acids is 1. The molecule has 4 heteroatoms. The second kappa shape index (κ2) is 5.15. The number of carbonyl (C=O) groups is 1. The first-order valence-electron chi connectivity index (χ1n) is 6.03. The normalized spacial score (nSPS) is 29.5. The maximum absolute atomic E-state index is 10.9. The highest BCUT2D eigenvalue weighted by molar-refractivity contribution is 5.73. The van der Waals surface area contributed by atoms with Gasteiger partial charge in [0.15, 0.2) is 0 Å². The minimum Gasteiger partial charge on any atom is -0.480 e. The van der Waals surface area contributed by atoms with Crippen LogP contribution in [-0.2, 0) is 9.53 Å². The lowest BCUT2D eigenvalue weighted by molar-refractivity contribution is -0.144. The molecule has 0 radical (unpaired) electrons. The van der Waals surface area contributed by atoms with Crippen molar-refractivity contribution in [3.05, 3.63) is 0 Å². The van der Waals surface area contributed by atoms with E-state index >= 15 is 0 Å². The van der Waals surface area contributed by atoms with Crippen molar-refractivity contribution in [1.82, 2.24) is 5.32 Å². The van der Waals surface area contributed by atoms with Gasteiger partial charge in [-0.3, -0.25) is 4.79 Å². The molecular formula is C12H23NO3. The van der Waals surface area contributed by atoms with Crippen LogP contribution >= 0.6 is 0 Å². The van der Waals surface area contributed by atoms with Crippen LogP contribution < -0.4 is 5.32 Å². The number of rotatable bonds is 6. The molecule has 3 unspecified atom stereocenters. The highest BCUT2D eigenvalue weighted by Gasteiger charge is 2.49. The average Bonchev–Trinajstić information content (AvgIpc) is 2.22. The van der Waals surface area contributed by atoms with Crippen LogP contribution in [0.4, 0.5) is 0 Å². The molecule has 0 bridgehead atoms. The number of nitrogens with one attached hydrogen (secondary N) is 1. The van der Waals surface area contributed by atoms with Gasteiger partial charge in [-0.1, -0.05) is 20.8 Å². The summed E-state index contributed by atoms with van der Waals surface area (Å²) in [5.74, 6) is -0.766. The van der Waals surface area contributed by atoms with Gasteiger partial charge in [-0.25, -0.2) is 0 Å². The molecule has 3 atom stereocenters. The van der Waals surface area contributed by atoms with Crippen LogP contribution in [-0.4, -0.2) is 35.9 Å². The fourth-order valence-corrected chi connectivity index (χ4v) is 2.26. The Hall–Kier alpha value is -0.610. The van der Waals surface area contributed by atoms with Crippen LogP contribution in [0.2, 0.25) is 0 Å². The number of carboxylic acids is 1. The van der Waals surface area contributed by atoms with Crippen LogP contribution in [0.5, 0.6) is 0 Å². The average molecular weight is 229 g/mol. The van der Waals surface area contributed by atoms with E-state index in [0.717, 1.165) is 13.0 Å². The smallest absolute Gasteiger partial charge is 0.320 e. The van der Waals surface area contributed by atoms with E-state index in [2.05, 4.69) is 19.2 Å². The van der Waals surface area contributed by atoms with E-state index in [1.54, 1.807) is 0 Å². The summed E-state index contributed by atoms with van der Waals surface area (Å²) in [5.41, 5.74) is 0.0267. The van der Waals surface area contributed by atoms with Gasteiger partial charge in [0.05, 0.1) is 6.10 Å². The van der Waals surface area contributed by atoms with Crippen molar-refractivity contribution >= 4 is 5.97 Å². The van der Waals surface area contributed by atoms with Crippen LogP contribution in [0.15, 0.2) is 0 Å². The van der Waals surface area contributed by atoms with Crippen molar-refractivity contribution < 1.29 is 14.6 Å². The molecule has 0 aromatic rings. The third-order valence-electron chi connectivity index (χ3n) is 3.65. The van der Waals surface area contributed by atoms with E-state index in [1.807, 2.05) is 13.8 Å². The molecule has 0 aromatic heterocycles. The zero-order valence-corrected chi connectivity index (χ0v) is 10.6. The lowest BCUT2D eigenvalue weighted by Crippen LogP contribution is -2.63. The van der Waals surface area contributed by atoms with Crippen molar-refractivity contribution in [2.75, 3.05) is 6.61 Å². The minimum atomic E-state index is -0.766. The zero-order valence-electron chi connectivity index (χ0n) is 10.6. The Bertz CT molecular complexity index is 253. The van der Waals surface area contributed by atoms with Gasteiger partial charge < -0.3 is 15.2 Å². The van der Waals surface area contributed by atoms with Gasteiger partial charge in [0.2, 0.25) is 0 Å². The van der Waals surface area contributed by atoms with Crippen molar-refractivity contribution in [3.8, 4) is 0 Å². The summed E-state index contributed by atoms with van der Waals surface area (Å²) in [6.07, 6.45) is 1.77. The van der Waals surface area contributed by atoms with Gasteiger partial charge in [0, 0.05) is 18.1 Å². The fraction of sp³-hybridized carbons (Fsp3) is 0.917. The predicted molar refractivity (Wildman–Crippen MR) is 62.5 cm³/mol. The largest absolute Gasteiger partial charge is 0.480 e. The number of carboxylic acid groups (broad SMARTS) is 1. The van der Waals surface area contributed by atoms with E-state index in [0.29, 0.717) is 6.42 Å². The Morgan fingerprint density at radius 1 is 1.56 bits per heavy atom. The van der Waals surface area contributed by atoms with E-state index < -0.39 is 12.0 Å². The quantitative estimate of drug-likeness (QED) is 0.727. The molecule has 16 heavy (non-hydrogen) atoms. The first-order valence-corrected chi connectivity index (χ1v) is 6.03. The number of hydrogen-bond donors (Lipinski definition) is 2. The Morgan fingerprint density at radius 3 is 2.56 bits per heavy atom. The summed E-state index contributed by atoms with van der Waals surface area (Å²) in [4.78, 5) is 10.9. The molecule has 0 amide bonds. The molecular weight excluding hydrogens is 206 g/mol. The molecule has 1 saturated carbocycles. The molecule has 0 heterocycles. The van der Waals surface area contributed by atoms with Gasteiger partial charge in [-0.05, 0) is 19.8 Å². The fourth-order valence-electron chi connectivity index (χ4n) is 2.26. The summed E-state index contributed by atoms with van der Waals surface area (Å²) in [7, 11) is 0. The molecule has 1 fully saturated rings. The van der Waals surface area contributed by atoms with Crippen LogP contribution in [0, 0.1) is 5.41 Å². The predicted octanol–water partition coefficient (Wildman–Crippen LogP) is 1.64. The van der Waals surface area contributed by atoms with Gasteiger partial charge in [-0.15, -0.1) is 0 Å². The molecule has 0 aliphatic heterocycles. The Labute approximate surface area is 97.4 Å². The Balaban J connectivity index is 2.49. The zero-order chi connectivity index (χ0) is 12.3. The molecule has 1 aliphatic carbocycles. The van der Waals surface area contributed by atoms with Crippen molar-refractivity contribution in [3.63, 3.8) is 0 Å². The van der Waals surface area contributed by atoms with Gasteiger partial charge >= 0.3 is 5.97 Å². The summed E-state index contributed by atoms with van der Waals surface area (Å²) in [5, 5.41) is 12.2. The third-order valence-corrected chi connectivity index (χ3v) is 3.65. The molecule has 2 N–H and O–H groups in total. The standard InChI is InChI=1S/C12H23NO3/c1-5-8(11(14)15)13-9-7-10(16-6-2)12(9,3)4/h8-10,13H,5-7H2,1-4H3,(H,14,15). The summed E-state index contributed by atoms with van der Waals surface area (Å²) < 4.78 is 5.61. The van der Waals surface area contributed by atoms with Crippen LogP contribution in [0.25, 0.3) is 0 Å². The maximum atomic E-state index is 10.9. The van der Waals surface area contributed by atoms with E-state index in [-0.39, 0.29) is 17.6 Å². The highest BCUT2D eigenvalue weighted by Crippen LogP contribution is 2.42. The number of hydrogen-bond acceptors (Lipinski definition) is 3. The summed E-state index contributed by atoms with van der Waals surface area (Å²) in [6, 6.07) is -0.197. The summed E-state index contributed by atoms with van der Waals surface area (Å²) in [6.45, 7) is 8.85. The maximum Gasteiger partial charge on any atom is 0.320 e. The second-order valence-electron chi connectivity index (χ2n) is 5.02. The topological polar surface area (TPSA) is 58.6 Å². The molecule has 1 rings (SSSR count). The third kappa shape index (κ3) is 2.55. The first kappa shape index (κ1) is 13.5. The first-order chi connectivity index (χ1) is 7.43. The van der Waals surface area contributed by atoms with E-state index in [9.17, 15) is 4.79 Å². The second-order valence-corrected chi connectivity index (χ2v) is 5.02.